The standard InChI is InChI=1S/C26H17F4N3O2/c1-14(25(34)35)32-24-20-12-19(27)9-10-22(20)33-23(21(24)13-31)16-7-5-15(6-8-16)17-3-2-4-18(11-17)26(28,29)30/h2-12,14H,1H3,(H,32,33)(H,34,35). The van der Waals surface area contributed by atoms with Crippen molar-refractivity contribution in [3.63, 3.8) is 0 Å². The number of carbonyl (C=O) groups is 1. The number of aromatic nitrogens is 1. The molecule has 2 N–H and O–H groups in total. The van der Waals surface area contributed by atoms with Crippen molar-refractivity contribution in [1.29, 1.82) is 5.26 Å². The number of aliphatic carboxylic acids is 1. The molecule has 4 aromatic rings. The minimum Gasteiger partial charge on any atom is -0.480 e. The van der Waals surface area contributed by atoms with E-state index in [1.54, 1.807) is 30.3 Å². The normalized spacial score (nSPS) is 12.2. The maximum atomic E-state index is 14.0. The van der Waals surface area contributed by atoms with Gasteiger partial charge in [-0.15, -0.1) is 0 Å². The van der Waals surface area contributed by atoms with Crippen LogP contribution in [0.25, 0.3) is 33.3 Å². The second-order valence-corrected chi connectivity index (χ2v) is 7.84. The smallest absolute Gasteiger partial charge is 0.416 e. The van der Waals surface area contributed by atoms with E-state index in [1.165, 1.54) is 31.2 Å². The Kier molecular flexibility index (Phi) is 6.14. The lowest BCUT2D eigenvalue weighted by atomic mass is 9.97. The average Bonchev–Trinajstić information content (AvgIpc) is 2.83. The molecular formula is C26H17F4N3O2. The fourth-order valence-corrected chi connectivity index (χ4v) is 3.68. The molecule has 1 heterocycles. The summed E-state index contributed by atoms with van der Waals surface area (Å²) in [5.41, 5.74) is 1.31. The third-order valence-electron chi connectivity index (χ3n) is 5.47. The minimum atomic E-state index is -4.47. The van der Waals surface area contributed by atoms with Crippen LogP contribution in [0.15, 0.2) is 66.7 Å². The van der Waals surface area contributed by atoms with Crippen LogP contribution in [0.4, 0.5) is 23.2 Å². The lowest BCUT2D eigenvalue weighted by Gasteiger charge is -2.17. The summed E-state index contributed by atoms with van der Waals surface area (Å²) in [4.78, 5) is 15.9. The number of alkyl halides is 3. The zero-order valence-corrected chi connectivity index (χ0v) is 18.2. The van der Waals surface area contributed by atoms with Crippen LogP contribution in [0.2, 0.25) is 0 Å². The number of nitrogens with one attached hydrogen (secondary N) is 1. The molecule has 0 amide bonds. The Bertz CT molecular complexity index is 1480. The van der Waals surface area contributed by atoms with E-state index in [0.29, 0.717) is 22.2 Å². The van der Waals surface area contributed by atoms with E-state index in [1.807, 2.05) is 6.07 Å². The van der Waals surface area contributed by atoms with Crippen molar-refractivity contribution in [3.05, 3.63) is 83.7 Å². The molecule has 0 aliphatic rings. The third-order valence-corrected chi connectivity index (χ3v) is 5.47. The molecule has 5 nitrogen and oxygen atoms in total. The molecular weight excluding hydrogens is 462 g/mol. The number of rotatable bonds is 5. The van der Waals surface area contributed by atoms with Gasteiger partial charge in [-0.05, 0) is 48.4 Å². The molecule has 1 unspecified atom stereocenters. The number of fused-ring (bicyclic) bond motifs is 1. The van der Waals surface area contributed by atoms with Gasteiger partial charge < -0.3 is 10.4 Å². The van der Waals surface area contributed by atoms with Crippen LogP contribution in [0.3, 0.4) is 0 Å². The molecule has 4 rings (SSSR count). The zero-order valence-electron chi connectivity index (χ0n) is 18.2. The number of anilines is 1. The fourth-order valence-electron chi connectivity index (χ4n) is 3.68. The quantitative estimate of drug-likeness (QED) is 0.320. The van der Waals surface area contributed by atoms with Gasteiger partial charge in [0, 0.05) is 10.9 Å². The van der Waals surface area contributed by atoms with E-state index >= 15 is 0 Å². The number of nitriles is 1. The van der Waals surface area contributed by atoms with E-state index in [-0.39, 0.29) is 22.3 Å². The SMILES string of the molecule is CC(Nc1c(C#N)c(-c2ccc(-c3cccc(C(F)(F)F)c3)cc2)nc2ccc(F)cc12)C(=O)O. The van der Waals surface area contributed by atoms with Crippen LogP contribution in [0.5, 0.6) is 0 Å². The third kappa shape index (κ3) is 4.77. The van der Waals surface area contributed by atoms with E-state index < -0.39 is 29.6 Å². The van der Waals surface area contributed by atoms with Crippen LogP contribution < -0.4 is 5.32 Å². The number of hydrogen-bond acceptors (Lipinski definition) is 4. The second-order valence-electron chi connectivity index (χ2n) is 7.84. The van der Waals surface area contributed by atoms with Crippen LogP contribution in [-0.4, -0.2) is 22.1 Å². The Morgan fingerprint density at radius 1 is 1.03 bits per heavy atom. The monoisotopic (exact) mass is 479 g/mol. The van der Waals surface area contributed by atoms with Gasteiger partial charge >= 0.3 is 12.1 Å². The molecule has 176 valence electrons. The summed E-state index contributed by atoms with van der Waals surface area (Å²) in [7, 11) is 0. The number of nitrogens with zero attached hydrogens (tertiary/aromatic N) is 2. The first-order valence-corrected chi connectivity index (χ1v) is 10.4. The van der Waals surface area contributed by atoms with Gasteiger partial charge in [-0.2, -0.15) is 18.4 Å². The molecule has 0 fully saturated rings. The molecule has 0 saturated heterocycles. The highest BCUT2D eigenvalue weighted by Gasteiger charge is 2.30. The van der Waals surface area contributed by atoms with Crippen molar-refractivity contribution in [2.45, 2.75) is 19.1 Å². The van der Waals surface area contributed by atoms with Gasteiger partial charge in [0.1, 0.15) is 23.5 Å². The number of carboxylic acids is 1. The van der Waals surface area contributed by atoms with Gasteiger partial charge in [0.2, 0.25) is 0 Å². The van der Waals surface area contributed by atoms with E-state index in [2.05, 4.69) is 10.3 Å². The van der Waals surface area contributed by atoms with Gasteiger partial charge in [0.15, 0.2) is 0 Å². The Hall–Kier alpha value is -4.45. The van der Waals surface area contributed by atoms with Crippen molar-refractivity contribution in [2.75, 3.05) is 5.32 Å². The van der Waals surface area contributed by atoms with Crippen molar-refractivity contribution in [1.82, 2.24) is 4.98 Å². The predicted octanol–water partition coefficient (Wildman–Crippen LogP) is 6.48. The van der Waals surface area contributed by atoms with Crippen molar-refractivity contribution >= 4 is 22.6 Å². The number of carboxylic acid groups (broad SMARTS) is 1. The molecule has 1 atom stereocenters. The highest BCUT2D eigenvalue weighted by atomic mass is 19.4. The Balaban J connectivity index is 1.84. The van der Waals surface area contributed by atoms with Crippen molar-refractivity contribution < 1.29 is 27.5 Å². The summed E-state index contributed by atoms with van der Waals surface area (Å²) in [5, 5.41) is 22.2. The zero-order chi connectivity index (χ0) is 25.3. The highest BCUT2D eigenvalue weighted by Crippen LogP contribution is 2.36. The lowest BCUT2D eigenvalue weighted by Crippen LogP contribution is -2.26. The maximum Gasteiger partial charge on any atom is 0.416 e. The molecule has 0 saturated carbocycles. The minimum absolute atomic E-state index is 0.0167. The first-order chi connectivity index (χ1) is 16.6. The molecule has 0 spiro atoms. The topological polar surface area (TPSA) is 86.0 Å². The summed E-state index contributed by atoms with van der Waals surface area (Å²) in [6, 6.07) is 16.1. The van der Waals surface area contributed by atoms with Crippen LogP contribution in [0, 0.1) is 17.1 Å². The Morgan fingerprint density at radius 2 is 1.71 bits per heavy atom. The van der Waals surface area contributed by atoms with E-state index in [9.17, 15) is 32.7 Å². The number of hydrogen-bond donors (Lipinski definition) is 2. The number of pyridine rings is 1. The summed E-state index contributed by atoms with van der Waals surface area (Å²) in [6.07, 6.45) is -4.47. The summed E-state index contributed by atoms with van der Waals surface area (Å²) >= 11 is 0. The number of halogens is 4. The maximum absolute atomic E-state index is 14.0. The summed E-state index contributed by atoms with van der Waals surface area (Å²) < 4.78 is 53.2. The Labute approximate surface area is 197 Å². The molecule has 35 heavy (non-hydrogen) atoms. The fraction of sp³-hybridized carbons (Fsp3) is 0.115. The molecule has 1 aromatic heterocycles. The first kappa shape index (κ1) is 23.7. The summed E-state index contributed by atoms with van der Waals surface area (Å²) in [6.45, 7) is 1.39. The molecule has 9 heteroatoms. The average molecular weight is 479 g/mol. The molecule has 3 aromatic carbocycles. The summed E-state index contributed by atoms with van der Waals surface area (Å²) in [5.74, 6) is -1.74. The molecule has 0 aliphatic heterocycles. The highest BCUT2D eigenvalue weighted by molar-refractivity contribution is 5.99. The second kappa shape index (κ2) is 9.06. The first-order valence-electron chi connectivity index (χ1n) is 10.4. The van der Waals surface area contributed by atoms with Crippen LogP contribution in [-0.2, 0) is 11.0 Å². The van der Waals surface area contributed by atoms with Gasteiger partial charge in [0.25, 0.3) is 0 Å². The van der Waals surface area contributed by atoms with Gasteiger partial charge in [0.05, 0.1) is 22.5 Å². The predicted molar refractivity (Wildman–Crippen MR) is 123 cm³/mol. The van der Waals surface area contributed by atoms with Crippen LogP contribution >= 0.6 is 0 Å². The molecule has 0 radical (unpaired) electrons. The van der Waals surface area contributed by atoms with Crippen molar-refractivity contribution in [2.24, 2.45) is 0 Å². The lowest BCUT2D eigenvalue weighted by molar-refractivity contribution is -0.138. The molecule has 0 aliphatic carbocycles. The van der Waals surface area contributed by atoms with Gasteiger partial charge in [-0.3, -0.25) is 4.79 Å². The van der Waals surface area contributed by atoms with E-state index in [0.717, 1.165) is 12.1 Å². The van der Waals surface area contributed by atoms with Crippen molar-refractivity contribution in [3.8, 4) is 28.5 Å². The van der Waals surface area contributed by atoms with Gasteiger partial charge in [-0.25, -0.2) is 9.37 Å². The van der Waals surface area contributed by atoms with E-state index in [4.69, 9.17) is 0 Å². The largest absolute Gasteiger partial charge is 0.480 e. The molecule has 0 bridgehead atoms. The number of benzene rings is 3. The Morgan fingerprint density at radius 3 is 2.34 bits per heavy atom. The van der Waals surface area contributed by atoms with Gasteiger partial charge in [-0.1, -0.05) is 36.4 Å². The van der Waals surface area contributed by atoms with Crippen LogP contribution in [0.1, 0.15) is 18.1 Å².